The highest BCUT2D eigenvalue weighted by atomic mass is 79.9. The lowest BCUT2D eigenvalue weighted by Gasteiger charge is -2.20. The first-order valence-corrected chi connectivity index (χ1v) is 6.62. The smallest absolute Gasteiger partial charge is 0.0730 e. The standard InChI is InChI=1S/C9H12Br2S/c1-9(2,6-10)5-7-3-4-12-8(7)11/h3-4H,5-6H2,1-2H3. The fraction of sp³-hybridized carbons (Fsp3) is 0.556. The average molecular weight is 312 g/mol. The zero-order chi connectivity index (χ0) is 9.19. The molecule has 12 heavy (non-hydrogen) atoms. The molecule has 0 saturated carbocycles. The molecule has 0 aliphatic carbocycles. The molecule has 0 nitrogen and oxygen atoms in total. The van der Waals surface area contributed by atoms with Crippen LogP contribution in [0, 0.1) is 5.41 Å². The molecular weight excluding hydrogens is 300 g/mol. The zero-order valence-electron chi connectivity index (χ0n) is 7.23. The minimum Gasteiger partial charge on any atom is -0.137 e. The van der Waals surface area contributed by atoms with Crippen molar-refractivity contribution in [1.29, 1.82) is 0 Å². The first-order valence-electron chi connectivity index (χ1n) is 3.83. The van der Waals surface area contributed by atoms with Gasteiger partial charge < -0.3 is 0 Å². The van der Waals surface area contributed by atoms with Crippen LogP contribution in [0.5, 0.6) is 0 Å². The summed E-state index contributed by atoms with van der Waals surface area (Å²) in [5.74, 6) is 0. The molecule has 0 bridgehead atoms. The molecule has 1 aromatic heterocycles. The van der Waals surface area contributed by atoms with E-state index in [2.05, 4.69) is 57.2 Å². The van der Waals surface area contributed by atoms with E-state index in [9.17, 15) is 0 Å². The summed E-state index contributed by atoms with van der Waals surface area (Å²) in [5, 5.41) is 3.17. The molecule has 0 radical (unpaired) electrons. The summed E-state index contributed by atoms with van der Waals surface area (Å²) in [5.41, 5.74) is 1.77. The van der Waals surface area contributed by atoms with Crippen LogP contribution >= 0.6 is 43.2 Å². The number of hydrogen-bond acceptors (Lipinski definition) is 1. The van der Waals surface area contributed by atoms with Crippen molar-refractivity contribution in [2.45, 2.75) is 20.3 Å². The molecule has 0 saturated heterocycles. The highest BCUT2D eigenvalue weighted by Gasteiger charge is 2.18. The maximum Gasteiger partial charge on any atom is 0.0730 e. The van der Waals surface area contributed by atoms with E-state index in [4.69, 9.17) is 0 Å². The van der Waals surface area contributed by atoms with Gasteiger partial charge in [0, 0.05) is 5.33 Å². The number of halogens is 2. The zero-order valence-corrected chi connectivity index (χ0v) is 11.2. The molecule has 68 valence electrons. The molecule has 0 aromatic carbocycles. The summed E-state index contributed by atoms with van der Waals surface area (Å²) >= 11 is 8.84. The van der Waals surface area contributed by atoms with E-state index in [-0.39, 0.29) is 0 Å². The van der Waals surface area contributed by atoms with Crippen molar-refractivity contribution >= 4 is 43.2 Å². The van der Waals surface area contributed by atoms with Gasteiger partial charge in [0.2, 0.25) is 0 Å². The molecule has 1 heterocycles. The predicted molar refractivity (Wildman–Crippen MR) is 63.3 cm³/mol. The van der Waals surface area contributed by atoms with Crippen LogP contribution in [0.15, 0.2) is 15.2 Å². The summed E-state index contributed by atoms with van der Waals surface area (Å²) in [4.78, 5) is 0. The monoisotopic (exact) mass is 310 g/mol. The van der Waals surface area contributed by atoms with Gasteiger partial charge in [0.1, 0.15) is 0 Å². The maximum absolute atomic E-state index is 3.55. The topological polar surface area (TPSA) is 0 Å². The normalized spacial score (nSPS) is 12.0. The largest absolute Gasteiger partial charge is 0.137 e. The predicted octanol–water partition coefficient (Wildman–Crippen LogP) is 4.47. The van der Waals surface area contributed by atoms with Crippen LogP contribution in [-0.2, 0) is 6.42 Å². The quantitative estimate of drug-likeness (QED) is 0.722. The molecule has 0 aliphatic rings. The van der Waals surface area contributed by atoms with Crippen LogP contribution in [0.2, 0.25) is 0 Å². The van der Waals surface area contributed by atoms with Crippen LogP contribution < -0.4 is 0 Å². The Kier molecular flexibility index (Phi) is 3.80. The second kappa shape index (κ2) is 4.25. The molecule has 0 aliphatic heterocycles. The third-order valence-electron chi connectivity index (χ3n) is 1.72. The summed E-state index contributed by atoms with van der Waals surface area (Å²) in [6.07, 6.45) is 1.13. The lowest BCUT2D eigenvalue weighted by molar-refractivity contribution is 0.425. The number of hydrogen-bond donors (Lipinski definition) is 0. The van der Waals surface area contributed by atoms with Gasteiger partial charge in [-0.3, -0.25) is 0 Å². The van der Waals surface area contributed by atoms with E-state index in [1.807, 2.05) is 0 Å². The van der Waals surface area contributed by atoms with Gasteiger partial charge in [0.15, 0.2) is 0 Å². The molecule has 0 spiro atoms. The summed E-state index contributed by atoms with van der Waals surface area (Å²) in [7, 11) is 0. The molecular formula is C9H12Br2S. The van der Waals surface area contributed by atoms with Crippen LogP contribution in [0.1, 0.15) is 19.4 Å². The van der Waals surface area contributed by atoms with Gasteiger partial charge in [-0.2, -0.15) is 0 Å². The van der Waals surface area contributed by atoms with E-state index in [1.54, 1.807) is 11.3 Å². The Morgan fingerprint density at radius 2 is 2.17 bits per heavy atom. The Morgan fingerprint density at radius 3 is 2.58 bits per heavy atom. The van der Waals surface area contributed by atoms with Gasteiger partial charge in [0.05, 0.1) is 3.79 Å². The van der Waals surface area contributed by atoms with E-state index < -0.39 is 0 Å². The lowest BCUT2D eigenvalue weighted by Crippen LogP contribution is -2.16. The minimum absolute atomic E-state index is 0.351. The SMILES string of the molecule is CC(C)(CBr)Cc1ccsc1Br. The lowest BCUT2D eigenvalue weighted by atomic mass is 9.89. The highest BCUT2D eigenvalue weighted by molar-refractivity contribution is 9.11. The Balaban J connectivity index is 2.70. The van der Waals surface area contributed by atoms with Crippen molar-refractivity contribution in [3.63, 3.8) is 0 Å². The highest BCUT2D eigenvalue weighted by Crippen LogP contribution is 2.31. The second-order valence-corrected chi connectivity index (χ2v) is 6.49. The van der Waals surface area contributed by atoms with Crippen molar-refractivity contribution in [2.24, 2.45) is 5.41 Å². The van der Waals surface area contributed by atoms with Gasteiger partial charge in [-0.05, 0) is 44.8 Å². The fourth-order valence-corrected chi connectivity index (χ4v) is 2.45. The molecule has 1 aromatic rings. The van der Waals surface area contributed by atoms with E-state index in [0.29, 0.717) is 5.41 Å². The molecule has 0 atom stereocenters. The van der Waals surface area contributed by atoms with Gasteiger partial charge in [-0.15, -0.1) is 11.3 Å². The van der Waals surface area contributed by atoms with Crippen molar-refractivity contribution in [3.8, 4) is 0 Å². The first kappa shape index (κ1) is 10.7. The molecule has 3 heteroatoms. The van der Waals surface area contributed by atoms with E-state index in [0.717, 1.165) is 11.8 Å². The number of thiophene rings is 1. The van der Waals surface area contributed by atoms with Gasteiger partial charge in [-0.1, -0.05) is 29.8 Å². The summed E-state index contributed by atoms with van der Waals surface area (Å²) < 4.78 is 1.27. The maximum atomic E-state index is 3.55. The Bertz CT molecular complexity index is 253. The van der Waals surface area contributed by atoms with Crippen molar-refractivity contribution in [2.75, 3.05) is 5.33 Å². The van der Waals surface area contributed by atoms with Gasteiger partial charge in [0.25, 0.3) is 0 Å². The molecule has 0 amide bonds. The fourth-order valence-electron chi connectivity index (χ4n) is 1.01. The number of alkyl halides is 1. The second-order valence-electron chi connectivity index (χ2n) is 3.69. The van der Waals surface area contributed by atoms with Crippen molar-refractivity contribution in [3.05, 3.63) is 20.8 Å². The Hall–Kier alpha value is 0.660. The number of rotatable bonds is 3. The van der Waals surface area contributed by atoms with Gasteiger partial charge in [-0.25, -0.2) is 0 Å². The molecule has 0 fully saturated rings. The van der Waals surface area contributed by atoms with Crippen molar-refractivity contribution in [1.82, 2.24) is 0 Å². The van der Waals surface area contributed by atoms with Crippen LogP contribution in [0.4, 0.5) is 0 Å². The first-order chi connectivity index (χ1) is 5.55. The molecule has 0 N–H and O–H groups in total. The van der Waals surface area contributed by atoms with E-state index in [1.165, 1.54) is 9.35 Å². The third kappa shape index (κ3) is 2.86. The Morgan fingerprint density at radius 1 is 1.50 bits per heavy atom. The molecule has 1 rings (SSSR count). The van der Waals surface area contributed by atoms with Crippen molar-refractivity contribution < 1.29 is 0 Å². The molecule has 0 unspecified atom stereocenters. The average Bonchev–Trinajstić information content (AvgIpc) is 2.36. The summed E-state index contributed by atoms with van der Waals surface area (Å²) in [6, 6.07) is 2.19. The van der Waals surface area contributed by atoms with Crippen LogP contribution in [-0.4, -0.2) is 5.33 Å². The third-order valence-corrected chi connectivity index (χ3v) is 5.05. The van der Waals surface area contributed by atoms with Crippen LogP contribution in [0.25, 0.3) is 0 Å². The minimum atomic E-state index is 0.351. The Labute approximate surface area is 94.6 Å². The van der Waals surface area contributed by atoms with Gasteiger partial charge >= 0.3 is 0 Å². The van der Waals surface area contributed by atoms with Crippen LogP contribution in [0.3, 0.4) is 0 Å². The summed E-state index contributed by atoms with van der Waals surface area (Å²) in [6.45, 7) is 4.54. The van der Waals surface area contributed by atoms with E-state index >= 15 is 0 Å².